The number of rotatable bonds is 16. The van der Waals surface area contributed by atoms with E-state index in [1.807, 2.05) is 12.1 Å². The van der Waals surface area contributed by atoms with Gasteiger partial charge in [-0.3, -0.25) is 29.3 Å². The number of nitriles is 1. The van der Waals surface area contributed by atoms with E-state index in [0.717, 1.165) is 55.9 Å². The number of unbranched alkanes of at least 4 members (excludes halogenated alkanes) is 2. The summed E-state index contributed by atoms with van der Waals surface area (Å²) in [7, 11) is -4.26. The SMILES string of the molecule is CC(O)(CS(=O)(=O)c1ccc(NCCC(=O)NCCCCCc2cccc3c2CN(C2CCC(=O)NC2=O)C3=O)cc1)C(=O)Nc1ccc(C#N)c(C(F)(F)F)c1. The molecule has 57 heavy (non-hydrogen) atoms. The fourth-order valence-electron chi connectivity index (χ4n) is 6.66. The van der Waals surface area contributed by atoms with Crippen LogP contribution in [-0.4, -0.2) is 78.4 Å². The number of carbonyl (C=O) groups excluding carboxylic acids is 5. The Morgan fingerprint density at radius 3 is 2.40 bits per heavy atom. The predicted molar refractivity (Wildman–Crippen MR) is 200 cm³/mol. The maximum absolute atomic E-state index is 13.3. The number of nitrogens with zero attached hydrogens (tertiary/aromatic N) is 2. The van der Waals surface area contributed by atoms with E-state index in [2.05, 4.69) is 21.3 Å². The molecule has 2 aliphatic heterocycles. The molecular weight excluding hydrogens is 770 g/mol. The van der Waals surface area contributed by atoms with Crippen molar-refractivity contribution in [2.75, 3.05) is 29.5 Å². The molecule has 3 aromatic rings. The summed E-state index contributed by atoms with van der Waals surface area (Å²) in [6.07, 6.45) is -1.17. The number of aliphatic hydroxyl groups is 1. The average molecular weight is 811 g/mol. The number of fused-ring (bicyclic) bond motifs is 1. The van der Waals surface area contributed by atoms with E-state index in [4.69, 9.17) is 5.26 Å². The minimum absolute atomic E-state index is 0.135. The Balaban J connectivity index is 1.00. The highest BCUT2D eigenvalue weighted by Crippen LogP contribution is 2.34. The Morgan fingerprint density at radius 2 is 1.72 bits per heavy atom. The molecule has 302 valence electrons. The van der Waals surface area contributed by atoms with Crippen molar-refractivity contribution in [3.05, 3.63) is 88.5 Å². The van der Waals surface area contributed by atoms with Gasteiger partial charge in [0.05, 0.1) is 27.8 Å². The van der Waals surface area contributed by atoms with Crippen molar-refractivity contribution >= 4 is 50.7 Å². The first-order valence-corrected chi connectivity index (χ1v) is 19.8. The lowest BCUT2D eigenvalue weighted by Gasteiger charge is -2.29. The number of halogens is 3. The van der Waals surface area contributed by atoms with Crippen molar-refractivity contribution in [1.82, 2.24) is 15.5 Å². The number of hydrogen-bond acceptors (Lipinski definition) is 10. The van der Waals surface area contributed by atoms with Gasteiger partial charge in [-0.25, -0.2) is 8.42 Å². The lowest BCUT2D eigenvalue weighted by Crippen LogP contribution is -2.52. The summed E-state index contributed by atoms with van der Waals surface area (Å²) in [6.45, 7) is 1.93. The zero-order valence-electron chi connectivity index (χ0n) is 30.9. The Morgan fingerprint density at radius 1 is 1.00 bits per heavy atom. The number of sulfone groups is 1. The molecule has 2 atom stereocenters. The minimum Gasteiger partial charge on any atom is -0.385 e. The van der Waals surface area contributed by atoms with E-state index < -0.39 is 56.4 Å². The van der Waals surface area contributed by atoms with Gasteiger partial charge in [-0.05, 0) is 92.3 Å². The number of aryl methyl sites for hydroxylation is 1. The fourth-order valence-corrected chi connectivity index (χ4v) is 8.25. The number of benzene rings is 3. The lowest BCUT2D eigenvalue weighted by molar-refractivity contribution is -0.138. The molecular formula is C39H41F3N6O8S. The molecule has 1 fully saturated rings. The normalized spacial score (nSPS) is 16.6. The molecule has 2 unspecified atom stereocenters. The first kappa shape index (κ1) is 42.3. The summed E-state index contributed by atoms with van der Waals surface area (Å²) in [5, 5.41) is 29.9. The fraction of sp³-hybridized carbons (Fsp3) is 0.385. The molecule has 0 radical (unpaired) electrons. The minimum atomic E-state index is -4.89. The first-order chi connectivity index (χ1) is 26.9. The molecule has 18 heteroatoms. The summed E-state index contributed by atoms with van der Waals surface area (Å²) in [6, 6.07) is 14.1. The number of alkyl halides is 3. The Bertz CT molecular complexity index is 2200. The smallest absolute Gasteiger partial charge is 0.385 e. The van der Waals surface area contributed by atoms with Crippen molar-refractivity contribution in [3.8, 4) is 6.07 Å². The highest BCUT2D eigenvalue weighted by Gasteiger charge is 2.40. The molecule has 5 N–H and O–H groups in total. The molecule has 0 aliphatic carbocycles. The van der Waals surface area contributed by atoms with Crippen LogP contribution in [0, 0.1) is 11.3 Å². The summed E-state index contributed by atoms with van der Waals surface area (Å²) in [5.41, 5.74) is -1.90. The number of imide groups is 1. The van der Waals surface area contributed by atoms with Crippen molar-refractivity contribution in [1.29, 1.82) is 5.26 Å². The predicted octanol–water partition coefficient (Wildman–Crippen LogP) is 3.83. The Labute approximate surface area is 326 Å². The molecule has 3 aromatic carbocycles. The number of anilines is 2. The second-order valence-electron chi connectivity index (χ2n) is 14.1. The van der Waals surface area contributed by atoms with Crippen molar-refractivity contribution in [2.45, 2.75) is 81.1 Å². The van der Waals surface area contributed by atoms with E-state index in [-0.39, 0.29) is 47.7 Å². The van der Waals surface area contributed by atoms with Crippen LogP contribution in [0.15, 0.2) is 65.6 Å². The van der Waals surface area contributed by atoms with Gasteiger partial charge in [0.1, 0.15) is 6.04 Å². The number of carbonyl (C=O) groups is 5. The van der Waals surface area contributed by atoms with Crippen molar-refractivity contribution in [2.24, 2.45) is 0 Å². The standard InChI is InChI=1S/C39H41F3N6O8S/c1-38(54,37(53)46-27-10-9-25(21-43)31(20-27)39(40,41)42)23-57(55,56)28-13-11-26(12-14-28)44-19-17-33(49)45-18-4-2-3-6-24-7-5-8-29-30(24)22-48(36(29)52)32-15-16-34(50)47-35(32)51/h5,7-14,20,32,44,54H,2-4,6,15-19,22-23H2,1H3,(H,45,49)(H,46,53)(H,47,50,51). The van der Waals surface area contributed by atoms with Gasteiger partial charge in [0, 0.05) is 49.4 Å². The number of amides is 5. The van der Waals surface area contributed by atoms with Crippen LogP contribution >= 0.6 is 0 Å². The molecule has 14 nitrogen and oxygen atoms in total. The number of nitrogens with one attached hydrogen (secondary N) is 4. The number of hydrogen-bond donors (Lipinski definition) is 5. The quantitative estimate of drug-likeness (QED) is 0.104. The van der Waals surface area contributed by atoms with Gasteiger partial charge in [0.25, 0.3) is 11.8 Å². The van der Waals surface area contributed by atoms with Gasteiger partial charge in [0.2, 0.25) is 17.7 Å². The Kier molecular flexibility index (Phi) is 13.0. The van der Waals surface area contributed by atoms with Crippen LogP contribution in [0.25, 0.3) is 0 Å². The van der Waals surface area contributed by atoms with Crippen LogP contribution in [0.4, 0.5) is 24.5 Å². The summed E-state index contributed by atoms with van der Waals surface area (Å²) < 4.78 is 66.0. The van der Waals surface area contributed by atoms with Crippen LogP contribution in [-0.2, 0) is 48.2 Å². The van der Waals surface area contributed by atoms with Gasteiger partial charge in [0.15, 0.2) is 15.4 Å². The van der Waals surface area contributed by atoms with Crippen LogP contribution in [0.2, 0.25) is 0 Å². The highest BCUT2D eigenvalue weighted by atomic mass is 32.2. The molecule has 2 aliphatic rings. The van der Waals surface area contributed by atoms with Gasteiger partial charge in [-0.1, -0.05) is 18.6 Å². The molecule has 2 heterocycles. The molecule has 0 bridgehead atoms. The van der Waals surface area contributed by atoms with Crippen LogP contribution in [0.5, 0.6) is 0 Å². The van der Waals surface area contributed by atoms with Crippen LogP contribution < -0.4 is 21.3 Å². The third kappa shape index (κ3) is 10.5. The van der Waals surface area contributed by atoms with Crippen LogP contribution in [0.3, 0.4) is 0 Å². The van der Waals surface area contributed by atoms with E-state index >= 15 is 0 Å². The molecule has 5 amide bonds. The van der Waals surface area contributed by atoms with Crippen molar-refractivity contribution < 1.29 is 50.7 Å². The van der Waals surface area contributed by atoms with Gasteiger partial charge < -0.3 is 26.0 Å². The summed E-state index contributed by atoms with van der Waals surface area (Å²) in [4.78, 5) is 63.4. The van der Waals surface area contributed by atoms with Gasteiger partial charge in [-0.15, -0.1) is 0 Å². The van der Waals surface area contributed by atoms with E-state index in [1.54, 1.807) is 6.07 Å². The van der Waals surface area contributed by atoms with Gasteiger partial charge >= 0.3 is 6.18 Å². The third-order valence-corrected chi connectivity index (χ3v) is 11.6. The molecule has 0 spiro atoms. The Hall–Kier alpha value is -5.80. The van der Waals surface area contributed by atoms with E-state index in [9.17, 15) is 50.7 Å². The van der Waals surface area contributed by atoms with Crippen molar-refractivity contribution in [3.63, 3.8) is 0 Å². The largest absolute Gasteiger partial charge is 0.417 e. The van der Waals surface area contributed by atoms with Crippen LogP contribution in [0.1, 0.15) is 78.1 Å². The zero-order valence-corrected chi connectivity index (χ0v) is 31.7. The zero-order chi connectivity index (χ0) is 41.5. The summed E-state index contributed by atoms with van der Waals surface area (Å²) in [5.74, 6) is -3.54. The second kappa shape index (κ2) is 17.6. The highest BCUT2D eigenvalue weighted by molar-refractivity contribution is 7.91. The number of piperidine rings is 1. The second-order valence-corrected chi connectivity index (χ2v) is 16.1. The lowest BCUT2D eigenvalue weighted by atomic mass is 9.98. The molecule has 1 saturated heterocycles. The monoisotopic (exact) mass is 810 g/mol. The maximum Gasteiger partial charge on any atom is 0.417 e. The topological polar surface area (TPSA) is 215 Å². The maximum atomic E-state index is 13.3. The summed E-state index contributed by atoms with van der Waals surface area (Å²) >= 11 is 0. The molecule has 0 saturated carbocycles. The van der Waals surface area contributed by atoms with E-state index in [0.29, 0.717) is 36.8 Å². The third-order valence-electron chi connectivity index (χ3n) is 9.68. The first-order valence-electron chi connectivity index (χ1n) is 18.1. The molecule has 5 rings (SSSR count). The molecule has 0 aromatic heterocycles. The van der Waals surface area contributed by atoms with Gasteiger partial charge in [-0.2, -0.15) is 18.4 Å². The average Bonchev–Trinajstić information content (AvgIpc) is 3.48. The van der Waals surface area contributed by atoms with E-state index in [1.165, 1.54) is 35.2 Å².